The van der Waals surface area contributed by atoms with Gasteiger partial charge < -0.3 is 24.4 Å². The first kappa shape index (κ1) is 18.4. The molecule has 1 aromatic carbocycles. The zero-order chi connectivity index (χ0) is 15.4. The molecule has 7 heteroatoms. The van der Waals surface area contributed by atoms with E-state index < -0.39 is 0 Å². The van der Waals surface area contributed by atoms with Crippen LogP contribution in [0, 0.1) is 0 Å². The van der Waals surface area contributed by atoms with Crippen molar-refractivity contribution in [2.24, 2.45) is 0 Å². The van der Waals surface area contributed by atoms with Crippen LogP contribution in [0.2, 0.25) is 0 Å². The molecule has 1 fully saturated rings. The molecule has 1 N–H and O–H groups in total. The Bertz CT molecular complexity index is 493. The number of carbonyl (C=O) groups is 1. The average molecular weight is 331 g/mol. The molecule has 0 radical (unpaired) electrons. The van der Waals surface area contributed by atoms with Crippen molar-refractivity contribution in [3.05, 3.63) is 12.1 Å². The predicted octanol–water partition coefficient (Wildman–Crippen LogP) is 1.85. The van der Waals surface area contributed by atoms with E-state index in [0.29, 0.717) is 22.9 Å². The number of carbonyl (C=O) groups excluding carboxylic acids is 1. The van der Waals surface area contributed by atoms with Crippen molar-refractivity contribution >= 4 is 24.0 Å². The van der Waals surface area contributed by atoms with Crippen molar-refractivity contribution in [1.29, 1.82) is 0 Å². The first-order valence-corrected chi connectivity index (χ1v) is 6.93. The minimum Gasteiger partial charge on any atom is -0.493 e. The van der Waals surface area contributed by atoms with E-state index in [1.54, 1.807) is 45.4 Å². The maximum Gasteiger partial charge on any atom is 0.243 e. The molecule has 0 spiro atoms. The molecule has 0 saturated carbocycles. The molecule has 124 valence electrons. The fourth-order valence-electron chi connectivity index (χ4n) is 2.52. The minimum absolute atomic E-state index is 0. The van der Waals surface area contributed by atoms with Crippen LogP contribution < -0.4 is 24.4 Å². The van der Waals surface area contributed by atoms with Gasteiger partial charge in [-0.1, -0.05) is 0 Å². The van der Waals surface area contributed by atoms with E-state index in [4.69, 9.17) is 14.2 Å². The Balaban J connectivity index is 0.00000242. The van der Waals surface area contributed by atoms with Gasteiger partial charge in [0.2, 0.25) is 11.7 Å². The number of nitrogens with zero attached hydrogens (tertiary/aromatic N) is 1. The number of rotatable bonds is 5. The van der Waals surface area contributed by atoms with Gasteiger partial charge in [0.05, 0.1) is 33.1 Å². The lowest BCUT2D eigenvalue weighted by Crippen LogP contribution is -2.41. The van der Waals surface area contributed by atoms with Crippen LogP contribution in [-0.2, 0) is 4.79 Å². The van der Waals surface area contributed by atoms with Gasteiger partial charge in [0.1, 0.15) is 0 Å². The first-order chi connectivity index (χ1) is 10.1. The number of amides is 1. The number of methoxy groups -OCH3 is 3. The van der Waals surface area contributed by atoms with Crippen LogP contribution >= 0.6 is 12.4 Å². The molecule has 1 aromatic rings. The topological polar surface area (TPSA) is 60.0 Å². The lowest BCUT2D eigenvalue weighted by atomic mass is 10.2. The fourth-order valence-corrected chi connectivity index (χ4v) is 2.52. The van der Waals surface area contributed by atoms with Crippen LogP contribution in [0.15, 0.2) is 12.1 Å². The van der Waals surface area contributed by atoms with E-state index in [1.807, 2.05) is 0 Å². The van der Waals surface area contributed by atoms with E-state index in [0.717, 1.165) is 19.4 Å². The van der Waals surface area contributed by atoms with Gasteiger partial charge in [0, 0.05) is 19.2 Å². The molecule has 0 bridgehead atoms. The third kappa shape index (κ3) is 3.56. The van der Waals surface area contributed by atoms with Crippen LogP contribution in [0.5, 0.6) is 17.2 Å². The minimum atomic E-state index is -0.117. The molecule has 1 amide bonds. The summed E-state index contributed by atoms with van der Waals surface area (Å²) in [7, 11) is 6.42. The predicted molar refractivity (Wildman–Crippen MR) is 87.8 cm³/mol. The molecule has 6 nitrogen and oxygen atoms in total. The van der Waals surface area contributed by atoms with Crippen molar-refractivity contribution in [2.45, 2.75) is 18.9 Å². The SMILES string of the molecule is COc1cc(N(C)C(=O)C2CCCN2)cc(OC)c1OC.Cl. The lowest BCUT2D eigenvalue weighted by molar-refractivity contribution is -0.119. The maximum atomic E-state index is 12.5. The number of halogens is 1. The number of anilines is 1. The van der Waals surface area contributed by atoms with Gasteiger partial charge in [-0.25, -0.2) is 0 Å². The van der Waals surface area contributed by atoms with Crippen molar-refractivity contribution < 1.29 is 19.0 Å². The van der Waals surface area contributed by atoms with Gasteiger partial charge in [0.15, 0.2) is 11.5 Å². The summed E-state index contributed by atoms with van der Waals surface area (Å²) < 4.78 is 15.9. The Labute approximate surface area is 137 Å². The van der Waals surface area contributed by atoms with Crippen LogP contribution in [0.25, 0.3) is 0 Å². The number of hydrogen-bond donors (Lipinski definition) is 1. The molecule has 1 heterocycles. The number of benzene rings is 1. The summed E-state index contributed by atoms with van der Waals surface area (Å²) in [6.07, 6.45) is 1.90. The molecule has 1 unspecified atom stereocenters. The summed E-state index contributed by atoms with van der Waals surface area (Å²) >= 11 is 0. The van der Waals surface area contributed by atoms with E-state index in [1.165, 1.54) is 0 Å². The highest BCUT2D eigenvalue weighted by Gasteiger charge is 2.27. The van der Waals surface area contributed by atoms with Crippen molar-refractivity contribution in [1.82, 2.24) is 5.32 Å². The highest BCUT2D eigenvalue weighted by Crippen LogP contribution is 2.40. The van der Waals surface area contributed by atoms with Crippen LogP contribution in [0.1, 0.15) is 12.8 Å². The smallest absolute Gasteiger partial charge is 0.243 e. The number of hydrogen-bond acceptors (Lipinski definition) is 5. The largest absolute Gasteiger partial charge is 0.493 e. The molecular weight excluding hydrogens is 308 g/mol. The van der Waals surface area contributed by atoms with Gasteiger partial charge in [0.25, 0.3) is 0 Å². The quantitative estimate of drug-likeness (QED) is 0.893. The highest BCUT2D eigenvalue weighted by molar-refractivity contribution is 5.97. The normalized spacial score (nSPS) is 16.6. The Kier molecular flexibility index (Phi) is 6.77. The molecule has 0 aliphatic carbocycles. The average Bonchev–Trinajstić information content (AvgIpc) is 3.06. The van der Waals surface area contributed by atoms with E-state index in [9.17, 15) is 4.79 Å². The van der Waals surface area contributed by atoms with Gasteiger partial charge in [-0.2, -0.15) is 0 Å². The van der Waals surface area contributed by atoms with Gasteiger partial charge in [-0.3, -0.25) is 4.79 Å². The van der Waals surface area contributed by atoms with Crippen LogP contribution in [0.3, 0.4) is 0 Å². The fraction of sp³-hybridized carbons (Fsp3) is 0.533. The number of likely N-dealkylation sites (N-methyl/N-ethyl adjacent to an activating group) is 1. The lowest BCUT2D eigenvalue weighted by Gasteiger charge is -2.23. The molecule has 1 atom stereocenters. The summed E-state index contributed by atoms with van der Waals surface area (Å²) in [4.78, 5) is 14.1. The Morgan fingerprint density at radius 1 is 1.18 bits per heavy atom. The summed E-state index contributed by atoms with van der Waals surface area (Å²) in [5, 5.41) is 3.21. The molecule has 0 aromatic heterocycles. The Morgan fingerprint density at radius 2 is 1.77 bits per heavy atom. The molecule has 22 heavy (non-hydrogen) atoms. The van der Waals surface area contributed by atoms with Gasteiger partial charge >= 0.3 is 0 Å². The number of nitrogens with one attached hydrogen (secondary N) is 1. The summed E-state index contributed by atoms with van der Waals surface area (Å²) in [5.41, 5.74) is 0.711. The molecule has 1 saturated heterocycles. The standard InChI is InChI=1S/C15H22N2O4.ClH/c1-17(15(18)11-6-5-7-16-11)10-8-12(19-2)14(21-4)13(9-10)20-3;/h8-9,11,16H,5-7H2,1-4H3;1H. The summed E-state index contributed by atoms with van der Waals surface area (Å²) in [6.45, 7) is 0.888. The van der Waals surface area contributed by atoms with E-state index in [2.05, 4.69) is 5.32 Å². The Hall–Kier alpha value is -1.66. The Morgan fingerprint density at radius 3 is 2.18 bits per heavy atom. The monoisotopic (exact) mass is 330 g/mol. The molecule has 1 aliphatic heterocycles. The summed E-state index contributed by atoms with van der Waals surface area (Å²) in [6, 6.07) is 3.43. The van der Waals surface area contributed by atoms with Crippen LogP contribution in [-0.4, -0.2) is 46.9 Å². The zero-order valence-electron chi connectivity index (χ0n) is 13.3. The van der Waals surface area contributed by atoms with E-state index in [-0.39, 0.29) is 24.4 Å². The third-order valence-corrected chi connectivity index (χ3v) is 3.73. The number of ether oxygens (including phenoxy) is 3. The van der Waals surface area contributed by atoms with Gasteiger partial charge in [-0.15, -0.1) is 12.4 Å². The first-order valence-electron chi connectivity index (χ1n) is 6.93. The second kappa shape index (κ2) is 8.10. The van der Waals surface area contributed by atoms with Crippen LogP contribution in [0.4, 0.5) is 5.69 Å². The maximum absolute atomic E-state index is 12.5. The van der Waals surface area contributed by atoms with Crippen molar-refractivity contribution in [3.8, 4) is 17.2 Å². The second-order valence-electron chi connectivity index (χ2n) is 4.93. The van der Waals surface area contributed by atoms with Crippen molar-refractivity contribution in [2.75, 3.05) is 39.8 Å². The molecular formula is C15H23ClN2O4. The van der Waals surface area contributed by atoms with E-state index >= 15 is 0 Å². The highest BCUT2D eigenvalue weighted by atomic mass is 35.5. The van der Waals surface area contributed by atoms with Gasteiger partial charge in [-0.05, 0) is 19.4 Å². The third-order valence-electron chi connectivity index (χ3n) is 3.73. The summed E-state index contributed by atoms with van der Waals surface area (Å²) in [5.74, 6) is 1.63. The molecule has 1 aliphatic rings. The van der Waals surface area contributed by atoms with Crippen molar-refractivity contribution in [3.63, 3.8) is 0 Å². The second-order valence-corrected chi connectivity index (χ2v) is 4.93. The molecule has 2 rings (SSSR count). The zero-order valence-corrected chi connectivity index (χ0v) is 14.2.